The van der Waals surface area contributed by atoms with Gasteiger partial charge in [0.25, 0.3) is 0 Å². The molecule has 33 heavy (non-hydrogen) atoms. The van der Waals surface area contributed by atoms with E-state index in [9.17, 15) is 0 Å². The first kappa shape index (κ1) is 29.4. The molecule has 5 rings (SSSR count). The summed E-state index contributed by atoms with van der Waals surface area (Å²) < 4.78 is 3.34. The average molecular weight is 555 g/mol. The van der Waals surface area contributed by atoms with Gasteiger partial charge in [0.1, 0.15) is 0 Å². The Labute approximate surface area is 227 Å². The Morgan fingerprint density at radius 2 is 1.48 bits per heavy atom. The summed E-state index contributed by atoms with van der Waals surface area (Å²) in [5, 5.41) is 0. The number of hydrogen-bond acceptors (Lipinski definition) is 0. The van der Waals surface area contributed by atoms with E-state index in [1.54, 1.807) is 0 Å². The Morgan fingerprint density at radius 3 is 2.06 bits per heavy atom. The van der Waals surface area contributed by atoms with Crippen molar-refractivity contribution >= 4 is 34.6 Å². The first-order valence-corrected chi connectivity index (χ1v) is 12.4. The molecule has 0 aromatic heterocycles. The van der Waals surface area contributed by atoms with Crippen molar-refractivity contribution in [2.24, 2.45) is 5.41 Å². The van der Waals surface area contributed by atoms with E-state index in [-0.39, 0.29) is 30.2 Å². The normalized spacial score (nSPS) is 12.8. The topological polar surface area (TPSA) is 0 Å². The molecule has 2 aliphatic rings. The Bertz CT molecular complexity index is 1110. The summed E-state index contributed by atoms with van der Waals surface area (Å²) in [6.45, 7) is 10.6. The second kappa shape index (κ2) is 13.3. The fourth-order valence-electron chi connectivity index (χ4n) is 3.96. The monoisotopic (exact) mass is 552 g/mol. The molecule has 0 radical (unpaired) electrons. The molecule has 0 saturated heterocycles. The molecule has 0 atom stereocenters. The van der Waals surface area contributed by atoms with E-state index in [4.69, 9.17) is 0 Å². The van der Waals surface area contributed by atoms with Crippen LogP contribution in [0.15, 0.2) is 84.5 Å². The van der Waals surface area contributed by atoms with E-state index < -0.39 is 0 Å². The van der Waals surface area contributed by atoms with Gasteiger partial charge in [-0.1, -0.05) is 80.0 Å². The molecule has 0 heterocycles. The van der Waals surface area contributed by atoms with Crippen LogP contribution in [0.4, 0.5) is 0 Å². The van der Waals surface area contributed by atoms with Gasteiger partial charge in [-0.2, -0.15) is 24.6 Å². The van der Waals surface area contributed by atoms with E-state index >= 15 is 0 Å². The maximum atomic E-state index is 3.72. The van der Waals surface area contributed by atoms with Crippen molar-refractivity contribution in [1.82, 2.24) is 0 Å². The third kappa shape index (κ3) is 7.41. The van der Waals surface area contributed by atoms with Gasteiger partial charge < -0.3 is 0 Å². The van der Waals surface area contributed by atoms with Crippen LogP contribution in [0.1, 0.15) is 49.4 Å². The predicted molar refractivity (Wildman–Crippen MR) is 146 cm³/mol. The Hall–Kier alpha value is -1.66. The first-order chi connectivity index (χ1) is 14.9. The molecule has 0 unspecified atom stereocenters. The van der Waals surface area contributed by atoms with Crippen molar-refractivity contribution < 1.29 is 24.2 Å². The third-order valence-electron chi connectivity index (χ3n) is 5.63. The average Bonchev–Trinajstić information content (AvgIpc) is 3.41. The van der Waals surface area contributed by atoms with Gasteiger partial charge in [-0.25, -0.2) is 0 Å². The minimum absolute atomic E-state index is 0. The first-order valence-electron chi connectivity index (χ1n) is 10.7. The Morgan fingerprint density at radius 1 is 0.848 bits per heavy atom. The minimum atomic E-state index is 0. The molecule has 3 aromatic rings. The number of benzene rings is 3. The zero-order chi connectivity index (χ0) is 22.4. The predicted octanol–water partition coefficient (Wildman–Crippen LogP) is 8.50. The van der Waals surface area contributed by atoms with Gasteiger partial charge in [-0.3, -0.25) is 0 Å². The Balaban J connectivity index is 0.000000425. The fourth-order valence-corrected chi connectivity index (χ4v) is 3.96. The van der Waals surface area contributed by atoms with Gasteiger partial charge in [-0.05, 0) is 23.8 Å². The van der Waals surface area contributed by atoms with E-state index in [0.29, 0.717) is 0 Å². The van der Waals surface area contributed by atoms with Crippen LogP contribution in [0, 0.1) is 18.4 Å². The van der Waals surface area contributed by atoms with Gasteiger partial charge in [-0.15, -0.1) is 71.8 Å². The number of fused-ring (bicyclic) bond motifs is 3. The quantitative estimate of drug-likeness (QED) is 0.207. The van der Waals surface area contributed by atoms with Crippen LogP contribution >= 0.6 is 24.8 Å². The standard InChI is InChI=1S/C22H21.C7H7.CH2.2ClH.Zr/c1-22(2,3)19-10-8-16(14-19)15-9-11-21-18(12-15)13-17-6-4-5-7-20(17)21;1-7-5-3-2-4-6-7;;;;/h4-7,9-11,14H,8,13H2,1-3H3;2-6H,1H2;1H2;2*1H;/q2*-1;;;;+2. The van der Waals surface area contributed by atoms with E-state index in [0.717, 1.165) is 18.4 Å². The van der Waals surface area contributed by atoms with Crippen LogP contribution in [-0.2, 0) is 30.7 Å². The van der Waals surface area contributed by atoms with E-state index in [1.165, 1.54) is 63.2 Å². The van der Waals surface area contributed by atoms with Crippen LogP contribution in [0.5, 0.6) is 0 Å². The SMILES string of the molecule is CC(C)(C)C1=CCC(c2[c-]c3c(cc2)-c2ccccc2C3)=C1.Cl.Cl.[CH2-]c1ccccc1.[CH2]=[Zr+2]. The summed E-state index contributed by atoms with van der Waals surface area (Å²) in [6.07, 6.45) is 6.78. The van der Waals surface area contributed by atoms with Gasteiger partial charge in [0, 0.05) is 0 Å². The summed E-state index contributed by atoms with van der Waals surface area (Å²) in [6, 6.07) is 26.8. The molecule has 2 aliphatic carbocycles. The maximum absolute atomic E-state index is 3.72. The number of halogens is 2. The van der Waals surface area contributed by atoms with Gasteiger partial charge in [0.05, 0.1) is 0 Å². The molecule has 170 valence electrons. The number of allylic oxidation sites excluding steroid dienone is 4. The fraction of sp³-hybridized carbons (Fsp3) is 0.200. The van der Waals surface area contributed by atoms with Crippen LogP contribution in [-0.4, -0.2) is 4.21 Å². The van der Waals surface area contributed by atoms with Gasteiger partial charge in [0.2, 0.25) is 0 Å². The van der Waals surface area contributed by atoms with Crippen LogP contribution in [0.3, 0.4) is 0 Å². The van der Waals surface area contributed by atoms with E-state index in [1.807, 2.05) is 30.3 Å². The molecule has 0 fully saturated rings. The zero-order valence-electron chi connectivity index (χ0n) is 19.7. The van der Waals surface area contributed by atoms with Crippen LogP contribution < -0.4 is 0 Å². The number of hydrogen-bond donors (Lipinski definition) is 0. The summed E-state index contributed by atoms with van der Waals surface area (Å²) in [5.41, 5.74) is 10.9. The molecule has 0 aliphatic heterocycles. The van der Waals surface area contributed by atoms with Crippen molar-refractivity contribution in [2.75, 3.05) is 0 Å². The molecule has 0 spiro atoms. The zero-order valence-corrected chi connectivity index (χ0v) is 23.7. The van der Waals surface area contributed by atoms with Crippen molar-refractivity contribution in [3.63, 3.8) is 0 Å². The molecule has 0 N–H and O–H groups in total. The summed E-state index contributed by atoms with van der Waals surface area (Å²) in [4.78, 5) is 0. The molecule has 0 bridgehead atoms. The molecule has 0 amide bonds. The molecular formula is C30H32Cl2Zr. The van der Waals surface area contributed by atoms with Crippen molar-refractivity contribution in [3.8, 4) is 11.1 Å². The Kier molecular flexibility index (Phi) is 11.8. The summed E-state index contributed by atoms with van der Waals surface area (Å²) in [5.74, 6) is 0. The molecule has 3 heteroatoms. The van der Waals surface area contributed by atoms with Crippen LogP contribution in [0.2, 0.25) is 0 Å². The summed E-state index contributed by atoms with van der Waals surface area (Å²) >= 11 is 1.30. The second-order valence-corrected chi connectivity index (χ2v) is 8.87. The van der Waals surface area contributed by atoms with Gasteiger partial charge in [0.15, 0.2) is 0 Å². The third-order valence-corrected chi connectivity index (χ3v) is 5.63. The molecule has 3 aromatic carbocycles. The van der Waals surface area contributed by atoms with Crippen molar-refractivity contribution in [3.05, 3.63) is 120 Å². The molecule has 0 nitrogen and oxygen atoms in total. The van der Waals surface area contributed by atoms with Crippen molar-refractivity contribution in [2.45, 2.75) is 33.6 Å². The van der Waals surface area contributed by atoms with Gasteiger partial charge >= 0.3 is 28.4 Å². The number of rotatable bonds is 1. The van der Waals surface area contributed by atoms with E-state index in [2.05, 4.69) is 86.5 Å². The van der Waals surface area contributed by atoms with Crippen LogP contribution in [0.25, 0.3) is 16.7 Å². The van der Waals surface area contributed by atoms with Crippen molar-refractivity contribution in [1.29, 1.82) is 0 Å². The second-order valence-electron chi connectivity index (χ2n) is 8.87. The summed E-state index contributed by atoms with van der Waals surface area (Å²) in [7, 11) is 0. The molecule has 0 saturated carbocycles. The molecular weight excluding hydrogens is 522 g/mol.